The minimum Gasteiger partial charge on any atom is -0.269 e. The van der Waals surface area contributed by atoms with E-state index in [4.69, 9.17) is 6.57 Å². The van der Waals surface area contributed by atoms with Gasteiger partial charge in [-0.05, 0) is 12.8 Å². The smallest absolute Gasteiger partial charge is 0.208 e. The van der Waals surface area contributed by atoms with Gasteiger partial charge in [0.1, 0.15) is 0 Å². The molecule has 0 atom stereocenters. The number of hydrogen-bond donors (Lipinski definition) is 0. The van der Waals surface area contributed by atoms with Gasteiger partial charge in [0.15, 0.2) is 0 Å². The maximum atomic E-state index is 6.85. The molecule has 12 heavy (non-hydrogen) atoms. The summed E-state index contributed by atoms with van der Waals surface area (Å²) in [5.74, 6) is 0.434. The van der Waals surface area contributed by atoms with E-state index >= 15 is 0 Å². The summed E-state index contributed by atoms with van der Waals surface area (Å²) in [6.45, 7) is 12.9. The number of rotatable bonds is 1. The normalized spacial score (nSPS) is 9.92. The third kappa shape index (κ3) is 1.62. The summed E-state index contributed by atoms with van der Waals surface area (Å²) in [4.78, 5) is 7.69. The van der Waals surface area contributed by atoms with Crippen LogP contribution in [0.4, 0.5) is 5.69 Å². The van der Waals surface area contributed by atoms with Gasteiger partial charge in [0.05, 0.1) is 6.57 Å². The number of nitrogens with zero attached hydrogens (tertiary/aromatic N) is 2. The molecule has 1 aromatic rings. The molecule has 0 spiro atoms. The van der Waals surface area contributed by atoms with Crippen LogP contribution in [0.2, 0.25) is 0 Å². The molecule has 0 aromatic carbocycles. The molecule has 0 amide bonds. The number of hydrogen-bond acceptors (Lipinski definition) is 1. The number of aromatic nitrogens is 1. The van der Waals surface area contributed by atoms with Gasteiger partial charge in [-0.15, -0.1) is 0 Å². The van der Waals surface area contributed by atoms with Crippen LogP contribution in [0.3, 0.4) is 0 Å². The van der Waals surface area contributed by atoms with E-state index in [0.29, 0.717) is 11.6 Å². The van der Waals surface area contributed by atoms with Crippen LogP contribution in [-0.2, 0) is 0 Å². The zero-order valence-electron chi connectivity index (χ0n) is 7.63. The van der Waals surface area contributed by atoms with Crippen LogP contribution in [0.1, 0.15) is 31.2 Å². The SMILES string of the molecule is [C-]#[N+]c1ccc(C(C)C)nc1C. The second-order valence-electron chi connectivity index (χ2n) is 3.11. The molecule has 1 aromatic heterocycles. The van der Waals surface area contributed by atoms with Crippen LogP contribution in [-0.4, -0.2) is 4.98 Å². The van der Waals surface area contributed by atoms with Gasteiger partial charge in [-0.3, -0.25) is 4.98 Å². The zero-order chi connectivity index (χ0) is 9.14. The fourth-order valence-corrected chi connectivity index (χ4v) is 1.01. The van der Waals surface area contributed by atoms with Gasteiger partial charge in [0, 0.05) is 11.4 Å². The van der Waals surface area contributed by atoms with E-state index in [2.05, 4.69) is 23.7 Å². The Bertz CT molecular complexity index is 321. The van der Waals surface area contributed by atoms with Gasteiger partial charge in [-0.2, -0.15) is 0 Å². The van der Waals surface area contributed by atoms with Crippen molar-refractivity contribution in [3.05, 3.63) is 34.9 Å². The van der Waals surface area contributed by atoms with Crippen molar-refractivity contribution in [2.45, 2.75) is 26.7 Å². The van der Waals surface area contributed by atoms with Gasteiger partial charge in [0.25, 0.3) is 0 Å². The summed E-state index contributed by atoms with van der Waals surface area (Å²) in [5, 5.41) is 0. The van der Waals surface area contributed by atoms with Crippen molar-refractivity contribution in [1.29, 1.82) is 0 Å². The molecule has 2 heteroatoms. The van der Waals surface area contributed by atoms with Crippen LogP contribution < -0.4 is 0 Å². The molecular formula is C10H12N2. The molecule has 0 aliphatic carbocycles. The van der Waals surface area contributed by atoms with Crippen LogP contribution in [0.25, 0.3) is 4.85 Å². The molecule has 0 saturated carbocycles. The van der Waals surface area contributed by atoms with Gasteiger partial charge in [0.2, 0.25) is 5.69 Å². The van der Waals surface area contributed by atoms with E-state index < -0.39 is 0 Å². The van der Waals surface area contributed by atoms with Crippen LogP contribution in [0, 0.1) is 13.5 Å². The van der Waals surface area contributed by atoms with Crippen molar-refractivity contribution in [2.75, 3.05) is 0 Å². The molecule has 0 radical (unpaired) electrons. The predicted octanol–water partition coefficient (Wildman–Crippen LogP) is 3.06. The fraction of sp³-hybridized carbons (Fsp3) is 0.400. The first kappa shape index (κ1) is 8.73. The van der Waals surface area contributed by atoms with Gasteiger partial charge >= 0.3 is 0 Å². The highest BCUT2D eigenvalue weighted by Gasteiger charge is 2.03. The van der Waals surface area contributed by atoms with Crippen LogP contribution >= 0.6 is 0 Å². The Hall–Kier alpha value is -1.36. The lowest BCUT2D eigenvalue weighted by Gasteiger charge is -2.05. The second-order valence-corrected chi connectivity index (χ2v) is 3.11. The molecule has 0 saturated heterocycles. The molecule has 0 N–H and O–H groups in total. The van der Waals surface area contributed by atoms with Crippen molar-refractivity contribution in [2.24, 2.45) is 0 Å². The molecule has 1 rings (SSSR count). The molecule has 0 aliphatic heterocycles. The predicted molar refractivity (Wildman–Crippen MR) is 49.3 cm³/mol. The zero-order valence-corrected chi connectivity index (χ0v) is 7.63. The van der Waals surface area contributed by atoms with E-state index in [1.165, 1.54) is 0 Å². The summed E-state index contributed by atoms with van der Waals surface area (Å²) in [5.41, 5.74) is 2.54. The minimum atomic E-state index is 0.434. The van der Waals surface area contributed by atoms with Crippen LogP contribution in [0.15, 0.2) is 12.1 Å². The standard InChI is InChI=1S/C10H12N2/c1-7(2)9-5-6-10(11-4)8(3)12-9/h5-7H,1-3H3. The van der Waals surface area contributed by atoms with Gasteiger partial charge in [-0.1, -0.05) is 26.0 Å². The molecule has 1 heterocycles. The molecule has 0 unspecified atom stereocenters. The number of aryl methyl sites for hydroxylation is 1. The van der Waals surface area contributed by atoms with E-state index in [0.717, 1.165) is 11.4 Å². The Morgan fingerprint density at radius 2 is 2.08 bits per heavy atom. The average molecular weight is 160 g/mol. The Balaban J connectivity index is 3.12. The maximum Gasteiger partial charge on any atom is 0.208 e. The van der Waals surface area contributed by atoms with E-state index in [1.54, 1.807) is 0 Å². The maximum absolute atomic E-state index is 6.85. The lowest BCUT2D eigenvalue weighted by molar-refractivity contribution is 0.817. The van der Waals surface area contributed by atoms with E-state index in [1.807, 2.05) is 19.1 Å². The third-order valence-corrected chi connectivity index (χ3v) is 1.79. The Kier molecular flexibility index (Phi) is 2.44. The molecule has 62 valence electrons. The van der Waals surface area contributed by atoms with Crippen molar-refractivity contribution >= 4 is 5.69 Å². The lowest BCUT2D eigenvalue weighted by Crippen LogP contribution is -1.93. The van der Waals surface area contributed by atoms with Gasteiger partial charge in [-0.25, -0.2) is 4.85 Å². The first-order valence-electron chi connectivity index (χ1n) is 4.00. The van der Waals surface area contributed by atoms with E-state index in [9.17, 15) is 0 Å². The Labute approximate surface area is 73.1 Å². The molecule has 0 aliphatic rings. The first-order chi connectivity index (χ1) is 5.65. The minimum absolute atomic E-state index is 0.434. The van der Waals surface area contributed by atoms with Crippen molar-refractivity contribution < 1.29 is 0 Å². The quantitative estimate of drug-likeness (QED) is 0.577. The summed E-state index contributed by atoms with van der Waals surface area (Å²) in [7, 11) is 0. The Morgan fingerprint density at radius 3 is 2.50 bits per heavy atom. The summed E-state index contributed by atoms with van der Waals surface area (Å²) >= 11 is 0. The van der Waals surface area contributed by atoms with Crippen molar-refractivity contribution in [3.8, 4) is 0 Å². The topological polar surface area (TPSA) is 17.2 Å². The third-order valence-electron chi connectivity index (χ3n) is 1.79. The highest BCUT2D eigenvalue weighted by molar-refractivity contribution is 5.48. The molecule has 0 bridgehead atoms. The van der Waals surface area contributed by atoms with Crippen molar-refractivity contribution in [3.63, 3.8) is 0 Å². The molecule has 0 fully saturated rings. The summed E-state index contributed by atoms with van der Waals surface area (Å²) in [6.07, 6.45) is 0. The lowest BCUT2D eigenvalue weighted by atomic mass is 10.1. The van der Waals surface area contributed by atoms with Crippen molar-refractivity contribution in [1.82, 2.24) is 4.98 Å². The first-order valence-corrected chi connectivity index (χ1v) is 4.00. The highest BCUT2D eigenvalue weighted by atomic mass is 14.8. The van der Waals surface area contributed by atoms with Gasteiger partial charge < -0.3 is 0 Å². The number of pyridine rings is 1. The molecule has 2 nitrogen and oxygen atoms in total. The highest BCUT2D eigenvalue weighted by Crippen LogP contribution is 2.19. The van der Waals surface area contributed by atoms with E-state index in [-0.39, 0.29) is 0 Å². The molecular weight excluding hydrogens is 148 g/mol. The Morgan fingerprint density at radius 1 is 1.42 bits per heavy atom. The summed E-state index contributed by atoms with van der Waals surface area (Å²) < 4.78 is 0. The fourth-order valence-electron chi connectivity index (χ4n) is 1.01. The monoisotopic (exact) mass is 160 g/mol. The largest absolute Gasteiger partial charge is 0.269 e. The second kappa shape index (κ2) is 3.36. The van der Waals surface area contributed by atoms with Crippen LogP contribution in [0.5, 0.6) is 0 Å². The summed E-state index contributed by atoms with van der Waals surface area (Å²) in [6, 6.07) is 3.76. The average Bonchev–Trinajstić information content (AvgIpc) is 2.04.